The smallest absolute Gasteiger partial charge is 0.412 e. The maximum Gasteiger partial charge on any atom is 0.412 e. The fraction of sp³-hybridized carbons (Fsp3) is 0.421. The van der Waals surface area contributed by atoms with Crippen LogP contribution in [0, 0.1) is 0 Å². The first-order valence-corrected chi connectivity index (χ1v) is 8.70. The summed E-state index contributed by atoms with van der Waals surface area (Å²) in [5, 5.41) is 9.46. The van der Waals surface area contributed by atoms with E-state index in [-0.39, 0.29) is 5.60 Å². The van der Waals surface area contributed by atoms with Crippen molar-refractivity contribution in [1.82, 2.24) is 9.78 Å². The lowest BCUT2D eigenvalue weighted by molar-refractivity contribution is -0.123. The average Bonchev–Trinajstić information content (AvgIpc) is 3.08. The molecule has 27 heavy (non-hydrogen) atoms. The summed E-state index contributed by atoms with van der Waals surface area (Å²) in [5.41, 5.74) is 0.883. The number of aryl methyl sites for hydroxylation is 1. The van der Waals surface area contributed by atoms with E-state index in [4.69, 9.17) is 9.47 Å². The molecule has 1 atom stereocenters. The van der Waals surface area contributed by atoms with Gasteiger partial charge in [-0.3, -0.25) is 14.8 Å². The van der Waals surface area contributed by atoms with Gasteiger partial charge < -0.3 is 14.8 Å². The minimum Gasteiger partial charge on any atom is -0.436 e. The molecule has 8 nitrogen and oxygen atoms in total. The third-order valence-electron chi connectivity index (χ3n) is 4.07. The van der Waals surface area contributed by atoms with E-state index < -0.39 is 18.1 Å². The number of para-hydroxylation sites is 1. The molecule has 0 aliphatic heterocycles. The summed E-state index contributed by atoms with van der Waals surface area (Å²) in [5.74, 6) is -0.435. The summed E-state index contributed by atoms with van der Waals surface area (Å²) < 4.78 is 12.2. The molecule has 1 heterocycles. The summed E-state index contributed by atoms with van der Waals surface area (Å²) in [4.78, 5) is 24.0. The highest BCUT2D eigenvalue weighted by Crippen LogP contribution is 2.15. The predicted molar refractivity (Wildman–Crippen MR) is 103 cm³/mol. The van der Waals surface area contributed by atoms with Crippen LogP contribution in [0.5, 0.6) is 0 Å². The van der Waals surface area contributed by atoms with Gasteiger partial charge in [0.15, 0.2) is 6.10 Å². The standard InChI is InChI=1S/C19H26N4O4/c1-14(27-18(25)22-15-8-6-5-7-9-15)17(24)21-16-12-20-23(13-16)11-10-19(2,3)26-4/h5-9,12-14H,10-11H2,1-4H3,(H,21,24)(H,22,25)/t14-/m0/s1. The molecule has 0 unspecified atom stereocenters. The van der Waals surface area contributed by atoms with Crippen molar-refractivity contribution < 1.29 is 19.1 Å². The van der Waals surface area contributed by atoms with Crippen molar-refractivity contribution >= 4 is 23.4 Å². The van der Waals surface area contributed by atoms with E-state index in [9.17, 15) is 9.59 Å². The van der Waals surface area contributed by atoms with Gasteiger partial charge in [-0.05, 0) is 39.3 Å². The Morgan fingerprint density at radius 3 is 2.56 bits per heavy atom. The Hall–Kier alpha value is -2.87. The molecule has 0 spiro atoms. The first-order chi connectivity index (χ1) is 12.8. The van der Waals surface area contributed by atoms with Gasteiger partial charge in [-0.1, -0.05) is 18.2 Å². The second-order valence-electron chi connectivity index (χ2n) is 6.73. The number of nitrogens with zero attached hydrogens (tertiary/aromatic N) is 2. The Morgan fingerprint density at radius 1 is 1.19 bits per heavy atom. The minimum absolute atomic E-state index is 0.246. The number of ether oxygens (including phenoxy) is 2. The van der Waals surface area contributed by atoms with Gasteiger partial charge in [0.25, 0.3) is 5.91 Å². The minimum atomic E-state index is -0.954. The van der Waals surface area contributed by atoms with E-state index in [1.807, 2.05) is 19.9 Å². The molecular formula is C19H26N4O4. The van der Waals surface area contributed by atoms with Crippen LogP contribution < -0.4 is 10.6 Å². The van der Waals surface area contributed by atoms with Crippen LogP contribution in [0.2, 0.25) is 0 Å². The van der Waals surface area contributed by atoms with Gasteiger partial charge in [0.05, 0.1) is 17.5 Å². The molecular weight excluding hydrogens is 348 g/mol. The van der Waals surface area contributed by atoms with Crippen molar-refractivity contribution in [2.24, 2.45) is 0 Å². The molecule has 2 rings (SSSR count). The molecule has 146 valence electrons. The van der Waals surface area contributed by atoms with Gasteiger partial charge in [-0.2, -0.15) is 5.10 Å². The molecule has 1 aromatic carbocycles. The Bertz CT molecular complexity index is 758. The van der Waals surface area contributed by atoms with Crippen molar-refractivity contribution in [2.75, 3.05) is 17.7 Å². The number of nitrogens with one attached hydrogen (secondary N) is 2. The van der Waals surface area contributed by atoms with Gasteiger partial charge in [-0.25, -0.2) is 4.79 Å². The summed E-state index contributed by atoms with van der Waals surface area (Å²) in [6.45, 7) is 6.16. The highest BCUT2D eigenvalue weighted by molar-refractivity contribution is 5.95. The van der Waals surface area contributed by atoms with Gasteiger partial charge in [-0.15, -0.1) is 0 Å². The Labute approximate surface area is 158 Å². The van der Waals surface area contributed by atoms with Crippen molar-refractivity contribution in [3.05, 3.63) is 42.7 Å². The lowest BCUT2D eigenvalue weighted by Crippen LogP contribution is -2.31. The molecule has 0 fully saturated rings. The predicted octanol–water partition coefficient (Wildman–Crippen LogP) is 3.27. The fourth-order valence-corrected chi connectivity index (χ4v) is 2.16. The van der Waals surface area contributed by atoms with Gasteiger partial charge >= 0.3 is 6.09 Å². The van der Waals surface area contributed by atoms with E-state index in [2.05, 4.69) is 15.7 Å². The monoisotopic (exact) mass is 374 g/mol. The summed E-state index contributed by atoms with van der Waals surface area (Å²) in [6.07, 6.45) is 2.40. The molecule has 2 aromatic rings. The molecule has 0 saturated carbocycles. The van der Waals surface area contributed by atoms with Crippen LogP contribution in [0.15, 0.2) is 42.7 Å². The second kappa shape index (κ2) is 9.18. The molecule has 0 radical (unpaired) electrons. The maximum atomic E-state index is 12.2. The fourth-order valence-electron chi connectivity index (χ4n) is 2.16. The van der Waals surface area contributed by atoms with E-state index in [1.165, 1.54) is 6.92 Å². The molecule has 2 N–H and O–H groups in total. The third-order valence-corrected chi connectivity index (χ3v) is 4.07. The van der Waals surface area contributed by atoms with Gasteiger partial charge in [0, 0.05) is 25.5 Å². The van der Waals surface area contributed by atoms with Crippen molar-refractivity contribution in [1.29, 1.82) is 0 Å². The van der Waals surface area contributed by atoms with E-state index in [1.54, 1.807) is 48.5 Å². The molecule has 0 bridgehead atoms. The zero-order valence-electron chi connectivity index (χ0n) is 16.1. The lowest BCUT2D eigenvalue weighted by Gasteiger charge is -2.22. The van der Waals surface area contributed by atoms with Crippen LogP contribution in [0.3, 0.4) is 0 Å². The first kappa shape index (κ1) is 20.4. The number of carbonyl (C=O) groups is 2. The van der Waals surface area contributed by atoms with Crippen LogP contribution in [-0.2, 0) is 20.8 Å². The topological polar surface area (TPSA) is 94.5 Å². The van der Waals surface area contributed by atoms with Gasteiger partial charge in [0.2, 0.25) is 0 Å². The summed E-state index contributed by atoms with van der Waals surface area (Å²) in [6, 6.07) is 8.87. The number of rotatable bonds is 8. The quantitative estimate of drug-likeness (QED) is 0.739. The maximum absolute atomic E-state index is 12.2. The van der Waals surface area contributed by atoms with Crippen LogP contribution in [0.4, 0.5) is 16.2 Å². The second-order valence-corrected chi connectivity index (χ2v) is 6.73. The summed E-state index contributed by atoms with van der Waals surface area (Å²) >= 11 is 0. The van der Waals surface area contributed by atoms with E-state index >= 15 is 0 Å². The number of carbonyl (C=O) groups excluding carboxylic acids is 2. The first-order valence-electron chi connectivity index (χ1n) is 8.70. The largest absolute Gasteiger partial charge is 0.436 e. The molecule has 0 aliphatic rings. The lowest BCUT2D eigenvalue weighted by atomic mass is 10.1. The zero-order chi connectivity index (χ0) is 19.9. The molecule has 2 amide bonds. The third kappa shape index (κ3) is 6.74. The zero-order valence-corrected chi connectivity index (χ0v) is 16.1. The van der Waals surface area contributed by atoms with Gasteiger partial charge in [0.1, 0.15) is 0 Å². The van der Waals surface area contributed by atoms with Crippen LogP contribution >= 0.6 is 0 Å². The van der Waals surface area contributed by atoms with Crippen LogP contribution in [-0.4, -0.2) is 40.6 Å². The van der Waals surface area contributed by atoms with Crippen molar-refractivity contribution in [2.45, 2.75) is 45.4 Å². The van der Waals surface area contributed by atoms with Crippen LogP contribution in [0.1, 0.15) is 27.2 Å². The SMILES string of the molecule is COC(C)(C)CCn1cc(NC(=O)[C@H](C)OC(=O)Nc2ccccc2)cn1. The number of benzene rings is 1. The highest BCUT2D eigenvalue weighted by Gasteiger charge is 2.19. The molecule has 0 aliphatic carbocycles. The molecule has 0 saturated heterocycles. The highest BCUT2D eigenvalue weighted by atomic mass is 16.6. The molecule has 8 heteroatoms. The normalized spacial score (nSPS) is 12.3. The summed E-state index contributed by atoms with van der Waals surface area (Å²) in [7, 11) is 1.67. The number of hydrogen-bond acceptors (Lipinski definition) is 5. The number of aromatic nitrogens is 2. The average molecular weight is 374 g/mol. The van der Waals surface area contributed by atoms with E-state index in [0.29, 0.717) is 17.9 Å². The number of amides is 2. The Kier molecular flexibility index (Phi) is 6.95. The van der Waals surface area contributed by atoms with Crippen LogP contribution in [0.25, 0.3) is 0 Å². The number of anilines is 2. The van der Waals surface area contributed by atoms with Crippen molar-refractivity contribution in [3.63, 3.8) is 0 Å². The number of hydrogen-bond donors (Lipinski definition) is 2. The molecule has 1 aromatic heterocycles. The number of methoxy groups -OCH3 is 1. The Morgan fingerprint density at radius 2 is 1.89 bits per heavy atom. The Balaban J connectivity index is 1.81. The van der Waals surface area contributed by atoms with E-state index in [0.717, 1.165) is 6.42 Å². The van der Waals surface area contributed by atoms with Crippen molar-refractivity contribution in [3.8, 4) is 0 Å².